The summed E-state index contributed by atoms with van der Waals surface area (Å²) in [4.78, 5) is 16.3. The van der Waals surface area contributed by atoms with E-state index in [4.69, 9.17) is 15.0 Å². The summed E-state index contributed by atoms with van der Waals surface area (Å²) in [6, 6.07) is 87.4. The Morgan fingerprint density at radius 3 is 1.38 bits per heavy atom. The highest BCUT2D eigenvalue weighted by Gasteiger charge is 2.25. The van der Waals surface area contributed by atoms with Crippen LogP contribution in [0.3, 0.4) is 0 Å². The molecule has 0 spiro atoms. The van der Waals surface area contributed by atoms with Crippen LogP contribution in [0.4, 0.5) is 0 Å². The molecule has 4 heteroatoms. The Morgan fingerprint density at radius 2 is 0.725 bits per heavy atom. The zero-order valence-corrected chi connectivity index (χ0v) is 37.4. The first-order valence-corrected chi connectivity index (χ1v) is 23.5. The van der Waals surface area contributed by atoms with Crippen molar-refractivity contribution in [2.75, 3.05) is 0 Å². The molecule has 0 amide bonds. The van der Waals surface area contributed by atoms with Gasteiger partial charge in [-0.1, -0.05) is 206 Å². The van der Waals surface area contributed by atoms with Crippen LogP contribution < -0.4 is 0 Å². The fourth-order valence-corrected chi connectivity index (χ4v) is 10.7. The van der Waals surface area contributed by atoms with E-state index in [1.54, 1.807) is 0 Å². The SMILES string of the molecule is c1ccc(-c2cc(-c3nc(-c4cccc5ccccc45)nc(-c4cccc5ccccc45)n3)cc(-c3ccc4ccccc4c3)c2-n2c3cc4ccccc4cc3c3c4ccccc4ccc32)cc1. The maximum absolute atomic E-state index is 5.48. The lowest BCUT2D eigenvalue weighted by molar-refractivity contribution is 1.08. The zero-order chi connectivity index (χ0) is 45.4. The molecular weight excluding hydrogens is 837 g/mol. The molecule has 0 radical (unpaired) electrons. The molecular formula is C65H40N4. The van der Waals surface area contributed by atoms with Crippen molar-refractivity contribution < 1.29 is 0 Å². The van der Waals surface area contributed by atoms with Gasteiger partial charge in [0, 0.05) is 38.6 Å². The quantitative estimate of drug-likeness (QED) is 0.167. The van der Waals surface area contributed by atoms with Gasteiger partial charge in [-0.3, -0.25) is 0 Å². The van der Waals surface area contributed by atoms with Crippen molar-refractivity contribution in [1.82, 2.24) is 19.5 Å². The molecule has 0 bridgehead atoms. The van der Waals surface area contributed by atoms with E-state index in [0.717, 1.165) is 77.2 Å². The molecule has 69 heavy (non-hydrogen) atoms. The van der Waals surface area contributed by atoms with Gasteiger partial charge in [0.1, 0.15) is 0 Å². The summed E-state index contributed by atoms with van der Waals surface area (Å²) in [6.07, 6.45) is 0. The highest BCUT2D eigenvalue weighted by molar-refractivity contribution is 6.24. The molecule has 0 atom stereocenters. The summed E-state index contributed by atoms with van der Waals surface area (Å²) < 4.78 is 2.52. The molecule has 2 heterocycles. The highest BCUT2D eigenvalue weighted by Crippen LogP contribution is 2.46. The second kappa shape index (κ2) is 15.7. The van der Waals surface area contributed by atoms with Crippen molar-refractivity contribution in [3.8, 4) is 62.1 Å². The van der Waals surface area contributed by atoms with Crippen molar-refractivity contribution in [2.24, 2.45) is 0 Å². The Balaban J connectivity index is 1.14. The molecule has 0 fully saturated rings. The third-order valence-electron chi connectivity index (χ3n) is 14.0. The molecule has 0 aliphatic rings. The maximum atomic E-state index is 5.48. The summed E-state index contributed by atoms with van der Waals surface area (Å²) in [5.74, 6) is 1.85. The molecule has 0 aliphatic carbocycles. The van der Waals surface area contributed by atoms with E-state index in [2.05, 4.69) is 247 Å². The Hall–Kier alpha value is -9.25. The molecule has 12 aromatic carbocycles. The van der Waals surface area contributed by atoms with E-state index >= 15 is 0 Å². The number of fused-ring (bicyclic) bond motifs is 9. The van der Waals surface area contributed by atoms with Gasteiger partial charge in [-0.2, -0.15) is 0 Å². The number of rotatable bonds is 6. The van der Waals surface area contributed by atoms with Crippen LogP contribution in [-0.4, -0.2) is 19.5 Å². The van der Waals surface area contributed by atoms with Crippen LogP contribution in [0.25, 0.3) is 138 Å². The lowest BCUT2D eigenvalue weighted by atomic mass is 9.91. The topological polar surface area (TPSA) is 43.6 Å². The summed E-state index contributed by atoms with van der Waals surface area (Å²) >= 11 is 0. The molecule has 0 saturated carbocycles. The van der Waals surface area contributed by atoms with Crippen LogP contribution in [0, 0.1) is 0 Å². The van der Waals surface area contributed by atoms with Crippen molar-refractivity contribution in [3.63, 3.8) is 0 Å². The Morgan fingerprint density at radius 1 is 0.246 bits per heavy atom. The van der Waals surface area contributed by atoms with Crippen LogP contribution in [0.2, 0.25) is 0 Å². The monoisotopic (exact) mass is 876 g/mol. The van der Waals surface area contributed by atoms with Gasteiger partial charge in [0.2, 0.25) is 0 Å². The van der Waals surface area contributed by atoms with Crippen LogP contribution in [0.1, 0.15) is 0 Å². The van der Waals surface area contributed by atoms with E-state index in [-0.39, 0.29) is 0 Å². The van der Waals surface area contributed by atoms with E-state index in [0.29, 0.717) is 17.5 Å². The number of hydrogen-bond acceptors (Lipinski definition) is 3. The fraction of sp³-hybridized carbons (Fsp3) is 0. The minimum absolute atomic E-state index is 0.598. The van der Waals surface area contributed by atoms with Gasteiger partial charge >= 0.3 is 0 Å². The molecule has 4 nitrogen and oxygen atoms in total. The van der Waals surface area contributed by atoms with Crippen molar-refractivity contribution in [1.29, 1.82) is 0 Å². The normalized spacial score (nSPS) is 11.8. The van der Waals surface area contributed by atoms with Gasteiger partial charge in [0.15, 0.2) is 17.5 Å². The lowest BCUT2D eigenvalue weighted by Gasteiger charge is -2.21. The van der Waals surface area contributed by atoms with E-state index < -0.39 is 0 Å². The molecule has 0 unspecified atom stereocenters. The van der Waals surface area contributed by atoms with E-state index in [1.165, 1.54) is 43.1 Å². The first-order valence-electron chi connectivity index (χ1n) is 23.5. The summed E-state index contributed by atoms with van der Waals surface area (Å²) in [7, 11) is 0. The second-order valence-corrected chi connectivity index (χ2v) is 17.9. The van der Waals surface area contributed by atoms with Gasteiger partial charge in [0.05, 0.1) is 16.7 Å². The molecule has 0 N–H and O–H groups in total. The Labute approximate surface area is 398 Å². The van der Waals surface area contributed by atoms with Crippen molar-refractivity contribution in [2.45, 2.75) is 0 Å². The molecule has 2 aromatic heterocycles. The van der Waals surface area contributed by atoms with Gasteiger partial charge < -0.3 is 4.57 Å². The summed E-state index contributed by atoms with van der Waals surface area (Å²) in [5.41, 5.74) is 10.5. The Bertz CT molecular complexity index is 4270. The predicted octanol–water partition coefficient (Wildman–Crippen LogP) is 17.1. The van der Waals surface area contributed by atoms with E-state index in [9.17, 15) is 0 Å². The first-order chi connectivity index (χ1) is 34.2. The standard InChI is InChI=1S/C65H40N4/c1-2-17-44(18-3-1)56-38-50(63-66-64(54-30-14-25-42-19-8-11-27-51(42)54)68-65(67-63)55-31-15-26-43-20-9-12-28-52(43)55)39-57(49-33-32-41-16-4-5-22-46(41)36-49)62(56)69-59-35-34-45-21-10-13-29-53(45)61(59)58-37-47-23-6-7-24-48(47)40-60(58)69/h1-40H. The maximum Gasteiger partial charge on any atom is 0.164 e. The Kier molecular flexibility index (Phi) is 8.86. The number of nitrogens with zero attached hydrogens (tertiary/aromatic N) is 4. The zero-order valence-electron chi connectivity index (χ0n) is 37.4. The third-order valence-corrected chi connectivity index (χ3v) is 14.0. The number of benzene rings is 12. The van der Waals surface area contributed by atoms with Gasteiger partial charge in [0.25, 0.3) is 0 Å². The number of hydrogen-bond donors (Lipinski definition) is 0. The number of aromatic nitrogens is 4. The highest BCUT2D eigenvalue weighted by atomic mass is 15.0. The molecule has 320 valence electrons. The largest absolute Gasteiger partial charge is 0.308 e. The molecule has 0 saturated heterocycles. The summed E-state index contributed by atoms with van der Waals surface area (Å²) in [6.45, 7) is 0. The van der Waals surface area contributed by atoms with Crippen molar-refractivity contribution >= 4 is 75.7 Å². The predicted molar refractivity (Wildman–Crippen MR) is 289 cm³/mol. The average Bonchev–Trinajstić information content (AvgIpc) is 3.74. The molecule has 0 aliphatic heterocycles. The van der Waals surface area contributed by atoms with Crippen LogP contribution in [0.5, 0.6) is 0 Å². The first kappa shape index (κ1) is 39.0. The van der Waals surface area contributed by atoms with Crippen molar-refractivity contribution in [3.05, 3.63) is 243 Å². The molecule has 14 aromatic rings. The lowest BCUT2D eigenvalue weighted by Crippen LogP contribution is -2.04. The fourth-order valence-electron chi connectivity index (χ4n) is 10.7. The third kappa shape index (κ3) is 6.41. The molecule has 14 rings (SSSR count). The van der Waals surface area contributed by atoms with Crippen LogP contribution in [0.15, 0.2) is 243 Å². The van der Waals surface area contributed by atoms with Crippen LogP contribution >= 0.6 is 0 Å². The smallest absolute Gasteiger partial charge is 0.164 e. The van der Waals surface area contributed by atoms with Gasteiger partial charge in [-0.25, -0.2) is 15.0 Å². The van der Waals surface area contributed by atoms with Crippen LogP contribution in [-0.2, 0) is 0 Å². The van der Waals surface area contributed by atoms with Gasteiger partial charge in [-0.05, 0) is 101 Å². The minimum atomic E-state index is 0.598. The van der Waals surface area contributed by atoms with Gasteiger partial charge in [-0.15, -0.1) is 0 Å². The average molecular weight is 877 g/mol. The second-order valence-electron chi connectivity index (χ2n) is 17.9. The minimum Gasteiger partial charge on any atom is -0.308 e. The van der Waals surface area contributed by atoms with E-state index in [1.807, 2.05) is 0 Å². The summed E-state index contributed by atoms with van der Waals surface area (Å²) in [5, 5.41) is 14.1.